The van der Waals surface area contributed by atoms with Crippen LogP contribution in [0.1, 0.15) is 26.5 Å². The standard InChI is InChI=1S/C10H15N3/c1-10(2,3)13-5-4-8-9(13)6-11-7-12-8/h6-7H,4-5H2,1-3H3. The van der Waals surface area contributed by atoms with Crippen molar-refractivity contribution in [3.8, 4) is 0 Å². The molecule has 0 unspecified atom stereocenters. The van der Waals surface area contributed by atoms with E-state index in [1.54, 1.807) is 6.33 Å². The molecule has 0 spiro atoms. The van der Waals surface area contributed by atoms with Crippen molar-refractivity contribution in [1.29, 1.82) is 0 Å². The molecule has 0 aromatic carbocycles. The van der Waals surface area contributed by atoms with Gasteiger partial charge in [-0.05, 0) is 20.8 Å². The molecule has 70 valence electrons. The van der Waals surface area contributed by atoms with E-state index < -0.39 is 0 Å². The Bertz CT molecular complexity index is 314. The Balaban J connectivity index is 2.39. The van der Waals surface area contributed by atoms with Crippen LogP contribution in [0, 0.1) is 0 Å². The summed E-state index contributed by atoms with van der Waals surface area (Å²) in [6, 6.07) is 0. The van der Waals surface area contributed by atoms with Crippen LogP contribution in [-0.4, -0.2) is 22.1 Å². The SMILES string of the molecule is CC(C)(C)N1CCc2ncncc21. The van der Waals surface area contributed by atoms with Crippen LogP contribution in [0.5, 0.6) is 0 Å². The van der Waals surface area contributed by atoms with Crippen molar-refractivity contribution in [2.75, 3.05) is 11.4 Å². The highest BCUT2D eigenvalue weighted by molar-refractivity contribution is 5.55. The molecule has 2 heterocycles. The summed E-state index contributed by atoms with van der Waals surface area (Å²) in [5.41, 5.74) is 2.57. The summed E-state index contributed by atoms with van der Waals surface area (Å²) in [6.07, 6.45) is 4.60. The van der Waals surface area contributed by atoms with Gasteiger partial charge < -0.3 is 4.90 Å². The first-order valence-electron chi connectivity index (χ1n) is 4.65. The van der Waals surface area contributed by atoms with E-state index in [0.29, 0.717) is 0 Å². The third kappa shape index (κ3) is 1.39. The molecule has 0 aliphatic carbocycles. The number of hydrogen-bond donors (Lipinski definition) is 0. The zero-order chi connectivity index (χ0) is 9.47. The molecule has 2 rings (SSSR count). The highest BCUT2D eigenvalue weighted by Gasteiger charge is 2.28. The zero-order valence-corrected chi connectivity index (χ0v) is 8.41. The van der Waals surface area contributed by atoms with E-state index in [2.05, 4.69) is 35.6 Å². The van der Waals surface area contributed by atoms with Crippen molar-refractivity contribution in [3.05, 3.63) is 18.2 Å². The fourth-order valence-electron chi connectivity index (χ4n) is 1.80. The lowest BCUT2D eigenvalue weighted by atomic mass is 10.1. The van der Waals surface area contributed by atoms with Crippen molar-refractivity contribution in [2.24, 2.45) is 0 Å². The van der Waals surface area contributed by atoms with E-state index in [4.69, 9.17) is 0 Å². The van der Waals surface area contributed by atoms with Gasteiger partial charge in [0.2, 0.25) is 0 Å². The van der Waals surface area contributed by atoms with E-state index in [1.807, 2.05) is 6.20 Å². The third-order valence-corrected chi connectivity index (χ3v) is 2.45. The largest absolute Gasteiger partial charge is 0.364 e. The van der Waals surface area contributed by atoms with Crippen LogP contribution >= 0.6 is 0 Å². The highest BCUT2D eigenvalue weighted by Crippen LogP contribution is 2.30. The van der Waals surface area contributed by atoms with Crippen molar-refractivity contribution >= 4 is 5.69 Å². The van der Waals surface area contributed by atoms with Gasteiger partial charge in [-0.3, -0.25) is 0 Å². The lowest BCUT2D eigenvalue weighted by Crippen LogP contribution is -2.40. The number of fused-ring (bicyclic) bond motifs is 1. The normalized spacial score (nSPS) is 16.1. The van der Waals surface area contributed by atoms with Gasteiger partial charge in [0.25, 0.3) is 0 Å². The van der Waals surface area contributed by atoms with Crippen LogP contribution in [0.15, 0.2) is 12.5 Å². The van der Waals surface area contributed by atoms with Crippen LogP contribution < -0.4 is 4.90 Å². The van der Waals surface area contributed by atoms with Crippen LogP contribution in [0.2, 0.25) is 0 Å². The number of nitrogens with zero attached hydrogens (tertiary/aromatic N) is 3. The predicted octanol–water partition coefficient (Wildman–Crippen LogP) is 1.64. The molecule has 0 saturated carbocycles. The summed E-state index contributed by atoms with van der Waals surface area (Å²) in [6.45, 7) is 7.72. The Morgan fingerprint density at radius 1 is 1.38 bits per heavy atom. The fraction of sp³-hybridized carbons (Fsp3) is 0.600. The molecule has 0 amide bonds. The number of hydrogen-bond acceptors (Lipinski definition) is 3. The smallest absolute Gasteiger partial charge is 0.115 e. The van der Waals surface area contributed by atoms with Gasteiger partial charge in [0, 0.05) is 18.5 Å². The van der Waals surface area contributed by atoms with Crippen LogP contribution in [-0.2, 0) is 6.42 Å². The van der Waals surface area contributed by atoms with Gasteiger partial charge in [-0.1, -0.05) is 0 Å². The number of anilines is 1. The monoisotopic (exact) mass is 177 g/mol. The van der Waals surface area contributed by atoms with Crippen molar-refractivity contribution in [1.82, 2.24) is 9.97 Å². The lowest BCUT2D eigenvalue weighted by Gasteiger charge is -2.33. The minimum absolute atomic E-state index is 0.177. The van der Waals surface area contributed by atoms with Gasteiger partial charge >= 0.3 is 0 Å². The van der Waals surface area contributed by atoms with Gasteiger partial charge in [0.1, 0.15) is 6.33 Å². The molecule has 1 aliphatic heterocycles. The van der Waals surface area contributed by atoms with Gasteiger partial charge in [-0.25, -0.2) is 9.97 Å². The quantitative estimate of drug-likeness (QED) is 0.603. The highest BCUT2D eigenvalue weighted by atomic mass is 15.2. The minimum Gasteiger partial charge on any atom is -0.364 e. The average Bonchev–Trinajstić information content (AvgIpc) is 2.45. The third-order valence-electron chi connectivity index (χ3n) is 2.45. The Morgan fingerprint density at radius 3 is 2.85 bits per heavy atom. The second-order valence-corrected chi connectivity index (χ2v) is 4.43. The summed E-state index contributed by atoms with van der Waals surface area (Å²) >= 11 is 0. The molecule has 1 aromatic heterocycles. The Kier molecular flexibility index (Phi) is 1.75. The Labute approximate surface area is 78.8 Å². The summed E-state index contributed by atoms with van der Waals surface area (Å²) in [5, 5.41) is 0. The van der Waals surface area contributed by atoms with Crippen molar-refractivity contribution in [3.63, 3.8) is 0 Å². The van der Waals surface area contributed by atoms with E-state index in [9.17, 15) is 0 Å². The van der Waals surface area contributed by atoms with Crippen LogP contribution in [0.25, 0.3) is 0 Å². The van der Waals surface area contributed by atoms with Crippen molar-refractivity contribution < 1.29 is 0 Å². The van der Waals surface area contributed by atoms with Gasteiger partial charge in [-0.15, -0.1) is 0 Å². The van der Waals surface area contributed by atoms with E-state index in [0.717, 1.165) is 13.0 Å². The molecule has 0 bridgehead atoms. The van der Waals surface area contributed by atoms with Gasteiger partial charge in [0.05, 0.1) is 17.6 Å². The predicted molar refractivity (Wildman–Crippen MR) is 52.8 cm³/mol. The van der Waals surface area contributed by atoms with Gasteiger partial charge in [0.15, 0.2) is 0 Å². The topological polar surface area (TPSA) is 29.0 Å². The van der Waals surface area contributed by atoms with Crippen molar-refractivity contribution in [2.45, 2.75) is 32.7 Å². The second kappa shape index (κ2) is 2.69. The van der Waals surface area contributed by atoms with E-state index in [-0.39, 0.29) is 5.54 Å². The Hall–Kier alpha value is -1.12. The van der Waals surface area contributed by atoms with Crippen LogP contribution in [0.3, 0.4) is 0 Å². The summed E-state index contributed by atoms with van der Waals surface area (Å²) in [4.78, 5) is 10.7. The van der Waals surface area contributed by atoms with Gasteiger partial charge in [-0.2, -0.15) is 0 Å². The maximum atomic E-state index is 4.27. The summed E-state index contributed by atoms with van der Waals surface area (Å²) in [7, 11) is 0. The first-order valence-corrected chi connectivity index (χ1v) is 4.65. The molecule has 1 aliphatic rings. The number of aromatic nitrogens is 2. The van der Waals surface area contributed by atoms with E-state index in [1.165, 1.54) is 11.4 Å². The maximum Gasteiger partial charge on any atom is 0.115 e. The van der Waals surface area contributed by atoms with Crippen LogP contribution in [0.4, 0.5) is 5.69 Å². The molecule has 0 atom stereocenters. The number of rotatable bonds is 0. The summed E-state index contributed by atoms with van der Waals surface area (Å²) < 4.78 is 0. The Morgan fingerprint density at radius 2 is 2.15 bits per heavy atom. The molecular weight excluding hydrogens is 162 g/mol. The fourth-order valence-corrected chi connectivity index (χ4v) is 1.80. The zero-order valence-electron chi connectivity index (χ0n) is 8.41. The molecule has 0 saturated heterocycles. The lowest BCUT2D eigenvalue weighted by molar-refractivity contribution is 0.518. The second-order valence-electron chi connectivity index (χ2n) is 4.43. The average molecular weight is 177 g/mol. The molecule has 3 nitrogen and oxygen atoms in total. The first-order chi connectivity index (χ1) is 6.09. The first kappa shape index (κ1) is 8.48. The molecular formula is C10H15N3. The molecule has 3 heteroatoms. The molecule has 0 N–H and O–H groups in total. The molecule has 13 heavy (non-hydrogen) atoms. The molecule has 0 fully saturated rings. The molecule has 0 radical (unpaired) electrons. The minimum atomic E-state index is 0.177. The van der Waals surface area contributed by atoms with E-state index >= 15 is 0 Å². The maximum absolute atomic E-state index is 4.27. The summed E-state index contributed by atoms with van der Waals surface area (Å²) in [5.74, 6) is 0. The molecule has 1 aromatic rings.